The number of amides is 1. The maximum absolute atomic E-state index is 12.6. The summed E-state index contributed by atoms with van der Waals surface area (Å²) in [4.78, 5) is 15.9. The zero-order valence-corrected chi connectivity index (χ0v) is 16.5. The number of rotatable bonds is 9. The van der Waals surface area contributed by atoms with E-state index in [-0.39, 0.29) is 11.8 Å². The number of para-hydroxylation sites is 1. The fourth-order valence-electron chi connectivity index (χ4n) is 3.43. The Bertz CT molecular complexity index is 935. The van der Waals surface area contributed by atoms with Gasteiger partial charge in [-0.3, -0.25) is 4.79 Å². The van der Waals surface area contributed by atoms with Crippen LogP contribution in [0, 0.1) is 0 Å². The van der Waals surface area contributed by atoms with Gasteiger partial charge in [0.25, 0.3) is 0 Å². The first kappa shape index (κ1) is 19.8. The minimum Gasteiger partial charge on any atom is -0.497 e. The molecule has 0 saturated carbocycles. The molecule has 2 N–H and O–H groups in total. The molecule has 0 fully saturated rings. The monoisotopic (exact) mass is 382 g/mol. The molecule has 2 aromatic carbocycles. The van der Waals surface area contributed by atoms with Crippen molar-refractivity contribution in [3.05, 3.63) is 59.8 Å². The van der Waals surface area contributed by atoms with Crippen LogP contribution in [0.25, 0.3) is 10.9 Å². The van der Waals surface area contributed by atoms with Gasteiger partial charge >= 0.3 is 0 Å². The van der Waals surface area contributed by atoms with Crippen molar-refractivity contribution in [2.24, 2.45) is 0 Å². The summed E-state index contributed by atoms with van der Waals surface area (Å²) in [5.74, 6) is 1.20. The molecule has 0 radical (unpaired) electrons. The summed E-state index contributed by atoms with van der Waals surface area (Å²) in [6.07, 6.45) is 2.27. The zero-order valence-electron chi connectivity index (χ0n) is 16.5. The van der Waals surface area contributed by atoms with E-state index in [0.29, 0.717) is 31.1 Å². The van der Waals surface area contributed by atoms with Crippen LogP contribution in [0.5, 0.6) is 11.5 Å². The molecule has 1 amide bonds. The van der Waals surface area contributed by atoms with E-state index in [0.717, 1.165) is 22.0 Å². The lowest BCUT2D eigenvalue weighted by Gasteiger charge is -2.20. The van der Waals surface area contributed by atoms with Gasteiger partial charge in [0.05, 0.1) is 20.8 Å². The Balaban J connectivity index is 2.01. The van der Waals surface area contributed by atoms with Crippen molar-refractivity contribution in [3.63, 3.8) is 0 Å². The fraction of sp³-hybridized carbons (Fsp3) is 0.318. The maximum atomic E-state index is 12.6. The summed E-state index contributed by atoms with van der Waals surface area (Å²) in [6.45, 7) is 0.963. The molecule has 6 heteroatoms. The first-order chi connectivity index (χ1) is 13.7. The lowest BCUT2D eigenvalue weighted by Crippen LogP contribution is -2.28. The highest BCUT2D eigenvalue weighted by molar-refractivity contribution is 5.86. The summed E-state index contributed by atoms with van der Waals surface area (Å²) >= 11 is 0. The van der Waals surface area contributed by atoms with Gasteiger partial charge in [-0.15, -0.1) is 0 Å². The largest absolute Gasteiger partial charge is 0.497 e. The standard InChI is InChI=1S/C22H26N2O4/c1-26-11-10-23-22(25)13-18(17-9-8-15(27-2)12-21(17)28-3)19-14-24-20-7-5-4-6-16(19)20/h4-9,12,14,18,24H,10-11,13H2,1-3H3,(H,23,25)/t18-/m1/s1. The molecule has 28 heavy (non-hydrogen) atoms. The predicted octanol–water partition coefficient (Wildman–Crippen LogP) is 3.47. The molecule has 3 rings (SSSR count). The highest BCUT2D eigenvalue weighted by atomic mass is 16.5. The Morgan fingerprint density at radius 2 is 1.89 bits per heavy atom. The number of aromatic nitrogens is 1. The normalized spacial score (nSPS) is 12.0. The average Bonchev–Trinajstić information content (AvgIpc) is 3.16. The van der Waals surface area contributed by atoms with Crippen molar-refractivity contribution in [2.75, 3.05) is 34.5 Å². The molecule has 0 unspecified atom stereocenters. The molecule has 0 aliphatic heterocycles. The number of carbonyl (C=O) groups excluding carboxylic acids is 1. The van der Waals surface area contributed by atoms with Gasteiger partial charge in [0, 0.05) is 54.7 Å². The van der Waals surface area contributed by atoms with Gasteiger partial charge in [0.15, 0.2) is 0 Å². The molecule has 0 aliphatic rings. The van der Waals surface area contributed by atoms with Crippen LogP contribution in [0.2, 0.25) is 0 Å². The molecule has 3 aromatic rings. The van der Waals surface area contributed by atoms with Crippen LogP contribution in [0.4, 0.5) is 0 Å². The van der Waals surface area contributed by atoms with E-state index in [1.807, 2.05) is 42.6 Å². The smallest absolute Gasteiger partial charge is 0.221 e. The lowest BCUT2D eigenvalue weighted by atomic mass is 9.87. The van der Waals surface area contributed by atoms with Crippen LogP contribution >= 0.6 is 0 Å². The van der Waals surface area contributed by atoms with Crippen LogP contribution in [0.15, 0.2) is 48.7 Å². The Hall–Kier alpha value is -2.99. The third-order valence-corrected chi connectivity index (χ3v) is 4.83. The molecule has 0 bridgehead atoms. The molecule has 0 aliphatic carbocycles. The Labute approximate surface area is 164 Å². The molecule has 148 valence electrons. The van der Waals surface area contributed by atoms with E-state index in [4.69, 9.17) is 14.2 Å². The fourth-order valence-corrected chi connectivity index (χ4v) is 3.43. The number of hydrogen-bond acceptors (Lipinski definition) is 4. The summed E-state index contributed by atoms with van der Waals surface area (Å²) in [7, 11) is 4.86. The molecule has 1 atom stereocenters. The van der Waals surface area contributed by atoms with Gasteiger partial charge in [-0.1, -0.05) is 24.3 Å². The van der Waals surface area contributed by atoms with Gasteiger partial charge in [0.1, 0.15) is 11.5 Å². The molecule has 6 nitrogen and oxygen atoms in total. The molecule has 1 heterocycles. The zero-order chi connectivity index (χ0) is 19.9. The van der Waals surface area contributed by atoms with E-state index in [2.05, 4.69) is 16.4 Å². The molecular weight excluding hydrogens is 356 g/mol. The Kier molecular flexibility index (Phi) is 6.55. The van der Waals surface area contributed by atoms with Crippen LogP contribution in [-0.4, -0.2) is 45.4 Å². The molecule has 0 spiro atoms. The average molecular weight is 382 g/mol. The summed E-state index contributed by atoms with van der Waals surface area (Å²) in [6, 6.07) is 13.8. The Morgan fingerprint density at radius 3 is 2.64 bits per heavy atom. The SMILES string of the molecule is COCCNC(=O)C[C@H](c1ccc(OC)cc1OC)c1c[nH]c2ccccc12. The highest BCUT2D eigenvalue weighted by Gasteiger charge is 2.24. The van der Waals surface area contributed by atoms with Crippen molar-refractivity contribution in [1.82, 2.24) is 10.3 Å². The van der Waals surface area contributed by atoms with Crippen LogP contribution in [0.3, 0.4) is 0 Å². The van der Waals surface area contributed by atoms with Crippen molar-refractivity contribution >= 4 is 16.8 Å². The van der Waals surface area contributed by atoms with Crippen molar-refractivity contribution in [2.45, 2.75) is 12.3 Å². The number of methoxy groups -OCH3 is 3. The van der Waals surface area contributed by atoms with Crippen LogP contribution < -0.4 is 14.8 Å². The summed E-state index contributed by atoms with van der Waals surface area (Å²) < 4.78 is 16.0. The number of nitrogens with one attached hydrogen (secondary N) is 2. The lowest BCUT2D eigenvalue weighted by molar-refractivity contribution is -0.121. The molecular formula is C22H26N2O4. The predicted molar refractivity (Wildman–Crippen MR) is 109 cm³/mol. The first-order valence-electron chi connectivity index (χ1n) is 9.21. The Morgan fingerprint density at radius 1 is 1.07 bits per heavy atom. The maximum Gasteiger partial charge on any atom is 0.221 e. The minimum atomic E-state index is -0.167. The second-order valence-electron chi connectivity index (χ2n) is 6.50. The topological polar surface area (TPSA) is 72.6 Å². The van der Waals surface area contributed by atoms with E-state index < -0.39 is 0 Å². The first-order valence-corrected chi connectivity index (χ1v) is 9.21. The number of hydrogen-bond donors (Lipinski definition) is 2. The van der Waals surface area contributed by atoms with Gasteiger partial charge in [-0.25, -0.2) is 0 Å². The number of carbonyl (C=O) groups is 1. The second-order valence-corrected chi connectivity index (χ2v) is 6.50. The van der Waals surface area contributed by atoms with E-state index in [9.17, 15) is 4.79 Å². The van der Waals surface area contributed by atoms with Gasteiger partial charge in [0.2, 0.25) is 5.91 Å². The number of ether oxygens (including phenoxy) is 3. The number of fused-ring (bicyclic) bond motifs is 1. The number of aromatic amines is 1. The van der Waals surface area contributed by atoms with Crippen LogP contribution in [0.1, 0.15) is 23.5 Å². The number of H-pyrrole nitrogens is 1. The minimum absolute atomic E-state index is 0.0368. The van der Waals surface area contributed by atoms with Crippen molar-refractivity contribution in [1.29, 1.82) is 0 Å². The van der Waals surface area contributed by atoms with Crippen LogP contribution in [-0.2, 0) is 9.53 Å². The summed E-state index contributed by atoms with van der Waals surface area (Å²) in [5, 5.41) is 4.01. The summed E-state index contributed by atoms with van der Waals surface area (Å²) in [5.41, 5.74) is 3.03. The van der Waals surface area contributed by atoms with E-state index in [1.165, 1.54) is 0 Å². The van der Waals surface area contributed by atoms with Gasteiger partial charge in [-0.05, 0) is 17.7 Å². The quantitative estimate of drug-likeness (QED) is 0.556. The second kappa shape index (κ2) is 9.28. The number of benzene rings is 2. The van der Waals surface area contributed by atoms with E-state index >= 15 is 0 Å². The third-order valence-electron chi connectivity index (χ3n) is 4.83. The highest BCUT2D eigenvalue weighted by Crippen LogP contribution is 2.39. The van der Waals surface area contributed by atoms with Gasteiger partial charge in [-0.2, -0.15) is 0 Å². The van der Waals surface area contributed by atoms with E-state index in [1.54, 1.807) is 21.3 Å². The van der Waals surface area contributed by atoms with Crippen molar-refractivity contribution in [3.8, 4) is 11.5 Å². The molecule has 1 aromatic heterocycles. The third kappa shape index (κ3) is 4.28. The van der Waals surface area contributed by atoms with Crippen molar-refractivity contribution < 1.29 is 19.0 Å². The van der Waals surface area contributed by atoms with Gasteiger partial charge < -0.3 is 24.5 Å². The molecule has 0 saturated heterocycles.